The van der Waals surface area contributed by atoms with E-state index in [-0.39, 0.29) is 17.9 Å². The Labute approximate surface area is 120 Å². The number of esters is 2. The minimum Gasteiger partial charge on any atom is -0.466 e. The normalized spacial score (nSPS) is 29.8. The van der Waals surface area contributed by atoms with E-state index in [1.165, 1.54) is 6.42 Å². The molecule has 0 N–H and O–H groups in total. The molecular formula is C15H25NO4. The number of hydrogen-bond donors (Lipinski definition) is 0. The molecule has 0 aromatic carbocycles. The van der Waals surface area contributed by atoms with Crippen LogP contribution in [0.4, 0.5) is 0 Å². The maximum Gasteiger partial charge on any atom is 0.320 e. The minimum atomic E-state index is -0.154. The summed E-state index contributed by atoms with van der Waals surface area (Å²) in [6.07, 6.45) is 4.94. The van der Waals surface area contributed by atoms with Gasteiger partial charge in [-0.3, -0.25) is 14.5 Å². The number of fused-ring (bicyclic) bond motifs is 2. The molecule has 0 saturated carbocycles. The fourth-order valence-corrected chi connectivity index (χ4v) is 3.54. The quantitative estimate of drug-likeness (QED) is 0.719. The van der Waals surface area contributed by atoms with Crippen molar-refractivity contribution in [2.75, 3.05) is 19.8 Å². The summed E-state index contributed by atoms with van der Waals surface area (Å²) in [4.78, 5) is 25.9. The number of carbonyl (C=O) groups excluding carboxylic acids is 2. The highest BCUT2D eigenvalue weighted by Gasteiger charge is 2.41. The van der Waals surface area contributed by atoms with Gasteiger partial charge in [-0.25, -0.2) is 0 Å². The van der Waals surface area contributed by atoms with Crippen LogP contribution in [0.3, 0.4) is 0 Å². The molecule has 2 aliphatic rings. The first-order valence-corrected chi connectivity index (χ1v) is 7.73. The van der Waals surface area contributed by atoms with Crippen LogP contribution in [-0.2, 0) is 19.1 Å². The molecule has 2 bridgehead atoms. The molecule has 2 aliphatic heterocycles. The molecule has 0 aromatic rings. The number of carbonyl (C=O) groups is 2. The fourth-order valence-electron chi connectivity index (χ4n) is 3.54. The molecule has 5 heteroatoms. The lowest BCUT2D eigenvalue weighted by molar-refractivity contribution is -0.154. The van der Waals surface area contributed by atoms with Crippen LogP contribution in [0.25, 0.3) is 0 Å². The lowest BCUT2D eigenvalue weighted by Gasteiger charge is -2.47. The number of hydrogen-bond acceptors (Lipinski definition) is 5. The highest BCUT2D eigenvalue weighted by atomic mass is 16.5. The van der Waals surface area contributed by atoms with Gasteiger partial charge >= 0.3 is 11.9 Å². The Morgan fingerprint density at radius 3 is 2.20 bits per heavy atom. The van der Waals surface area contributed by atoms with Gasteiger partial charge in [0.1, 0.15) is 0 Å². The molecule has 20 heavy (non-hydrogen) atoms. The van der Waals surface area contributed by atoms with Gasteiger partial charge in [0.05, 0.1) is 25.7 Å². The maximum absolute atomic E-state index is 11.9. The average Bonchev–Trinajstić information content (AvgIpc) is 2.38. The van der Waals surface area contributed by atoms with Crippen LogP contribution in [0.5, 0.6) is 0 Å². The highest BCUT2D eigenvalue weighted by Crippen LogP contribution is 2.37. The van der Waals surface area contributed by atoms with Gasteiger partial charge in [0.25, 0.3) is 0 Å². The molecule has 2 saturated heterocycles. The summed E-state index contributed by atoms with van der Waals surface area (Å²) in [5.41, 5.74) is 0. The van der Waals surface area contributed by atoms with Crippen LogP contribution in [0, 0.1) is 5.92 Å². The van der Waals surface area contributed by atoms with E-state index in [1.807, 2.05) is 13.8 Å². The molecule has 1 unspecified atom stereocenters. The number of piperidine rings is 2. The van der Waals surface area contributed by atoms with Crippen LogP contribution in [-0.4, -0.2) is 48.7 Å². The number of rotatable bonds is 5. The monoisotopic (exact) mass is 283 g/mol. The van der Waals surface area contributed by atoms with E-state index in [9.17, 15) is 9.59 Å². The summed E-state index contributed by atoms with van der Waals surface area (Å²) in [5.74, 6) is -0.220. The van der Waals surface area contributed by atoms with E-state index >= 15 is 0 Å². The zero-order valence-corrected chi connectivity index (χ0v) is 12.5. The molecule has 2 heterocycles. The SMILES string of the molecule is CCOC(=O)CN1[C@@H]2CCC[C@H]1CC(C(=O)OCC)C2. The second-order valence-electron chi connectivity index (χ2n) is 5.64. The summed E-state index contributed by atoms with van der Waals surface area (Å²) < 4.78 is 10.2. The van der Waals surface area contributed by atoms with Crippen molar-refractivity contribution in [2.45, 2.75) is 58.0 Å². The number of nitrogens with zero attached hydrogens (tertiary/aromatic N) is 1. The first-order valence-electron chi connectivity index (χ1n) is 7.73. The van der Waals surface area contributed by atoms with Crippen molar-refractivity contribution in [3.63, 3.8) is 0 Å². The highest BCUT2D eigenvalue weighted by molar-refractivity contribution is 5.73. The largest absolute Gasteiger partial charge is 0.466 e. The van der Waals surface area contributed by atoms with Crippen LogP contribution in [0.2, 0.25) is 0 Å². The van der Waals surface area contributed by atoms with E-state index in [2.05, 4.69) is 4.90 Å². The van der Waals surface area contributed by atoms with Gasteiger partial charge in [-0.15, -0.1) is 0 Å². The maximum atomic E-state index is 11.9. The van der Waals surface area contributed by atoms with E-state index < -0.39 is 0 Å². The third-order valence-corrected chi connectivity index (χ3v) is 4.36. The van der Waals surface area contributed by atoms with Crippen LogP contribution in [0.15, 0.2) is 0 Å². The summed E-state index contributed by atoms with van der Waals surface area (Å²) in [6.45, 7) is 4.89. The lowest BCUT2D eigenvalue weighted by atomic mass is 9.78. The van der Waals surface area contributed by atoms with Gasteiger partial charge < -0.3 is 9.47 Å². The van der Waals surface area contributed by atoms with Crippen molar-refractivity contribution >= 4 is 11.9 Å². The van der Waals surface area contributed by atoms with E-state index in [4.69, 9.17) is 9.47 Å². The third-order valence-electron chi connectivity index (χ3n) is 4.36. The molecule has 5 nitrogen and oxygen atoms in total. The Kier molecular flexibility index (Phi) is 5.40. The van der Waals surface area contributed by atoms with Crippen molar-refractivity contribution < 1.29 is 19.1 Å². The predicted octanol–water partition coefficient (Wildman–Crippen LogP) is 1.75. The summed E-state index contributed by atoms with van der Waals surface area (Å²) in [5, 5.41) is 0. The smallest absolute Gasteiger partial charge is 0.320 e. The average molecular weight is 283 g/mol. The topological polar surface area (TPSA) is 55.8 Å². The zero-order chi connectivity index (χ0) is 14.5. The van der Waals surface area contributed by atoms with Crippen molar-refractivity contribution in [1.29, 1.82) is 0 Å². The van der Waals surface area contributed by atoms with Gasteiger partial charge in [-0.1, -0.05) is 6.42 Å². The van der Waals surface area contributed by atoms with Crippen molar-refractivity contribution in [1.82, 2.24) is 4.90 Å². The fraction of sp³-hybridized carbons (Fsp3) is 0.867. The summed E-state index contributed by atoms with van der Waals surface area (Å²) in [7, 11) is 0. The van der Waals surface area contributed by atoms with Gasteiger partial charge in [-0.05, 0) is 39.5 Å². The number of ether oxygens (including phenoxy) is 2. The van der Waals surface area contributed by atoms with Crippen molar-refractivity contribution in [3.05, 3.63) is 0 Å². The molecule has 0 radical (unpaired) electrons. The molecule has 0 aliphatic carbocycles. The summed E-state index contributed by atoms with van der Waals surface area (Å²) in [6, 6.07) is 0.641. The third kappa shape index (κ3) is 3.51. The van der Waals surface area contributed by atoms with Crippen LogP contribution >= 0.6 is 0 Å². The Bertz CT molecular complexity index is 344. The van der Waals surface area contributed by atoms with Gasteiger partial charge in [0, 0.05) is 12.1 Å². The van der Waals surface area contributed by atoms with Gasteiger partial charge in [-0.2, -0.15) is 0 Å². The molecule has 0 aromatic heterocycles. The molecule has 0 spiro atoms. The molecule has 114 valence electrons. The molecule has 0 amide bonds. The van der Waals surface area contributed by atoms with E-state index in [0.717, 1.165) is 25.7 Å². The Hall–Kier alpha value is -1.10. The molecule has 3 atom stereocenters. The first kappa shape index (κ1) is 15.3. The minimum absolute atomic E-state index is 0.00342. The van der Waals surface area contributed by atoms with E-state index in [0.29, 0.717) is 31.8 Å². The Morgan fingerprint density at radius 1 is 1.05 bits per heavy atom. The van der Waals surface area contributed by atoms with Gasteiger partial charge in [0.15, 0.2) is 0 Å². The second-order valence-corrected chi connectivity index (χ2v) is 5.64. The second kappa shape index (κ2) is 7.07. The van der Waals surface area contributed by atoms with Crippen LogP contribution in [0.1, 0.15) is 46.0 Å². The van der Waals surface area contributed by atoms with Crippen molar-refractivity contribution in [2.24, 2.45) is 5.92 Å². The van der Waals surface area contributed by atoms with E-state index in [1.54, 1.807) is 0 Å². The Morgan fingerprint density at radius 2 is 1.65 bits per heavy atom. The summed E-state index contributed by atoms with van der Waals surface area (Å²) >= 11 is 0. The molecule has 2 rings (SSSR count). The standard InChI is InChI=1S/C15H25NO4/c1-3-19-14(17)10-16-12-6-5-7-13(16)9-11(8-12)15(18)20-4-2/h11-13H,3-10H2,1-2H3/t11?,12-,13+. The van der Waals surface area contributed by atoms with Crippen molar-refractivity contribution in [3.8, 4) is 0 Å². The van der Waals surface area contributed by atoms with Crippen LogP contribution < -0.4 is 0 Å². The Balaban J connectivity index is 1.97. The first-order chi connectivity index (χ1) is 9.65. The predicted molar refractivity (Wildman–Crippen MR) is 74.1 cm³/mol. The zero-order valence-electron chi connectivity index (χ0n) is 12.5. The molecular weight excluding hydrogens is 258 g/mol. The molecule has 2 fully saturated rings. The van der Waals surface area contributed by atoms with Gasteiger partial charge in [0.2, 0.25) is 0 Å². The lowest BCUT2D eigenvalue weighted by Crippen LogP contribution is -2.55.